The minimum absolute atomic E-state index is 0.107. The molecule has 4 rings (SSSR count). The van der Waals surface area contributed by atoms with Gasteiger partial charge in [0.05, 0.1) is 5.69 Å². The van der Waals surface area contributed by atoms with E-state index in [1.807, 2.05) is 18.2 Å². The summed E-state index contributed by atoms with van der Waals surface area (Å²) in [4.78, 5) is 24.9. The summed E-state index contributed by atoms with van der Waals surface area (Å²) < 4.78 is 11.1. The molecule has 0 spiro atoms. The number of halogens is 1. The third kappa shape index (κ3) is 3.75. The Hall–Kier alpha value is -3.57. The van der Waals surface area contributed by atoms with Crippen molar-refractivity contribution in [3.8, 4) is 11.5 Å². The lowest BCUT2D eigenvalue weighted by Gasteiger charge is -2.12. The first-order valence-corrected chi connectivity index (χ1v) is 8.85. The Bertz CT molecular complexity index is 1220. The van der Waals surface area contributed by atoms with Crippen molar-refractivity contribution in [2.24, 2.45) is 0 Å². The van der Waals surface area contributed by atoms with Crippen LogP contribution in [0, 0.1) is 0 Å². The molecular weight excluding hydrogens is 378 g/mol. The fourth-order valence-electron chi connectivity index (χ4n) is 2.71. The summed E-state index contributed by atoms with van der Waals surface area (Å²) in [6, 6.07) is 22.5. The van der Waals surface area contributed by atoms with E-state index < -0.39 is 11.5 Å². The van der Waals surface area contributed by atoms with Crippen molar-refractivity contribution >= 4 is 34.2 Å². The molecule has 28 heavy (non-hydrogen) atoms. The molecule has 4 aromatic rings. The average molecular weight is 392 g/mol. The summed E-state index contributed by atoms with van der Waals surface area (Å²) in [7, 11) is 0. The van der Waals surface area contributed by atoms with Crippen LogP contribution in [0.5, 0.6) is 11.5 Å². The second-order valence-corrected chi connectivity index (χ2v) is 6.43. The molecule has 1 heterocycles. The highest BCUT2D eigenvalue weighted by Crippen LogP contribution is 2.32. The molecule has 0 aliphatic heterocycles. The fraction of sp³-hybridized carbons (Fsp3) is 0. The average Bonchev–Trinajstić information content (AvgIpc) is 2.70. The molecule has 0 fully saturated rings. The van der Waals surface area contributed by atoms with E-state index in [0.29, 0.717) is 33.2 Å². The van der Waals surface area contributed by atoms with Crippen LogP contribution >= 0.6 is 11.6 Å². The van der Waals surface area contributed by atoms with E-state index in [9.17, 15) is 9.59 Å². The zero-order valence-corrected chi connectivity index (χ0v) is 15.3. The van der Waals surface area contributed by atoms with Gasteiger partial charge in [0.15, 0.2) is 5.75 Å². The highest BCUT2D eigenvalue weighted by molar-refractivity contribution is 6.31. The molecule has 6 heteroatoms. The van der Waals surface area contributed by atoms with Gasteiger partial charge < -0.3 is 14.5 Å². The van der Waals surface area contributed by atoms with Crippen LogP contribution in [0.1, 0.15) is 10.4 Å². The lowest BCUT2D eigenvalue weighted by Crippen LogP contribution is -2.20. The lowest BCUT2D eigenvalue weighted by molar-refractivity contribution is 0.102. The number of anilines is 1. The summed E-state index contributed by atoms with van der Waals surface area (Å²) in [5.41, 5.74) is -0.0677. The van der Waals surface area contributed by atoms with Crippen molar-refractivity contribution in [2.75, 3.05) is 5.32 Å². The van der Waals surface area contributed by atoms with E-state index in [1.54, 1.807) is 54.6 Å². The SMILES string of the molecule is O=C(Nc1cc(Cl)ccc1Oc1ccccc1)c1cc2ccccc2oc1=O. The predicted octanol–water partition coefficient (Wildman–Crippen LogP) is 5.49. The molecule has 0 aliphatic carbocycles. The minimum Gasteiger partial charge on any atom is -0.455 e. The van der Waals surface area contributed by atoms with Crippen LogP contribution in [0.4, 0.5) is 5.69 Å². The topological polar surface area (TPSA) is 68.5 Å². The molecule has 138 valence electrons. The van der Waals surface area contributed by atoms with E-state index in [4.69, 9.17) is 20.8 Å². The molecule has 0 unspecified atom stereocenters. The minimum atomic E-state index is -0.719. The van der Waals surface area contributed by atoms with Gasteiger partial charge in [-0.3, -0.25) is 4.79 Å². The van der Waals surface area contributed by atoms with Crippen LogP contribution in [-0.4, -0.2) is 5.91 Å². The molecule has 1 aromatic heterocycles. The Morgan fingerprint density at radius 3 is 2.50 bits per heavy atom. The second-order valence-electron chi connectivity index (χ2n) is 6.00. The van der Waals surface area contributed by atoms with Crippen molar-refractivity contribution in [1.82, 2.24) is 0 Å². The molecule has 0 atom stereocenters. The number of amides is 1. The van der Waals surface area contributed by atoms with Crippen LogP contribution in [-0.2, 0) is 0 Å². The van der Waals surface area contributed by atoms with Crippen molar-refractivity contribution in [3.63, 3.8) is 0 Å². The maximum Gasteiger partial charge on any atom is 0.349 e. The van der Waals surface area contributed by atoms with E-state index in [2.05, 4.69) is 5.32 Å². The van der Waals surface area contributed by atoms with E-state index in [-0.39, 0.29) is 5.56 Å². The van der Waals surface area contributed by atoms with Crippen molar-refractivity contribution in [2.45, 2.75) is 0 Å². The van der Waals surface area contributed by atoms with Gasteiger partial charge in [0.1, 0.15) is 16.9 Å². The van der Waals surface area contributed by atoms with Crippen LogP contribution in [0.15, 0.2) is 88.1 Å². The van der Waals surface area contributed by atoms with Gasteiger partial charge in [-0.15, -0.1) is 0 Å². The van der Waals surface area contributed by atoms with Crippen molar-refractivity contribution < 1.29 is 13.9 Å². The molecule has 0 saturated carbocycles. The molecule has 0 bridgehead atoms. The van der Waals surface area contributed by atoms with Gasteiger partial charge in [-0.05, 0) is 42.5 Å². The first kappa shape index (κ1) is 17.8. The standard InChI is InChI=1S/C22H14ClNO4/c23-15-10-11-20(27-16-7-2-1-3-8-16)18(13-15)24-21(25)17-12-14-6-4-5-9-19(14)28-22(17)26/h1-13H,(H,24,25). The fourth-order valence-corrected chi connectivity index (χ4v) is 2.89. The Morgan fingerprint density at radius 2 is 1.68 bits per heavy atom. The molecule has 1 N–H and O–H groups in total. The monoisotopic (exact) mass is 391 g/mol. The van der Waals surface area contributed by atoms with Crippen LogP contribution in [0.25, 0.3) is 11.0 Å². The quantitative estimate of drug-likeness (QED) is 0.467. The van der Waals surface area contributed by atoms with E-state index in [1.165, 1.54) is 6.07 Å². The number of rotatable bonds is 4. The number of carbonyl (C=O) groups excluding carboxylic acids is 1. The molecule has 5 nitrogen and oxygen atoms in total. The Kier molecular flexibility index (Phi) is 4.83. The van der Waals surface area contributed by atoms with Gasteiger partial charge in [0.2, 0.25) is 0 Å². The largest absolute Gasteiger partial charge is 0.455 e. The Balaban J connectivity index is 1.67. The molecular formula is C22H14ClNO4. The zero-order chi connectivity index (χ0) is 19.5. The zero-order valence-electron chi connectivity index (χ0n) is 14.5. The third-order valence-electron chi connectivity index (χ3n) is 4.05. The van der Waals surface area contributed by atoms with Gasteiger partial charge in [0, 0.05) is 10.4 Å². The molecule has 3 aromatic carbocycles. The van der Waals surface area contributed by atoms with Crippen molar-refractivity contribution in [1.29, 1.82) is 0 Å². The number of benzene rings is 3. The summed E-state index contributed by atoms with van der Waals surface area (Å²) in [6.07, 6.45) is 0. The number of para-hydroxylation sites is 2. The normalized spacial score (nSPS) is 10.6. The smallest absolute Gasteiger partial charge is 0.349 e. The van der Waals surface area contributed by atoms with Crippen LogP contribution in [0.3, 0.4) is 0 Å². The lowest BCUT2D eigenvalue weighted by atomic mass is 10.1. The second kappa shape index (κ2) is 7.58. The number of fused-ring (bicyclic) bond motifs is 1. The Labute approximate surface area is 165 Å². The number of nitrogens with one attached hydrogen (secondary N) is 1. The van der Waals surface area contributed by atoms with Crippen molar-refractivity contribution in [3.05, 3.63) is 99.9 Å². The van der Waals surface area contributed by atoms with Gasteiger partial charge in [-0.25, -0.2) is 4.79 Å². The first-order valence-electron chi connectivity index (χ1n) is 8.47. The summed E-state index contributed by atoms with van der Waals surface area (Å²) >= 11 is 6.07. The maximum absolute atomic E-state index is 12.7. The molecule has 0 radical (unpaired) electrons. The van der Waals surface area contributed by atoms with Crippen LogP contribution in [0.2, 0.25) is 5.02 Å². The number of hydrogen-bond acceptors (Lipinski definition) is 4. The highest BCUT2D eigenvalue weighted by atomic mass is 35.5. The van der Waals surface area contributed by atoms with Gasteiger partial charge in [-0.2, -0.15) is 0 Å². The van der Waals surface area contributed by atoms with Gasteiger partial charge in [0.25, 0.3) is 5.91 Å². The predicted molar refractivity (Wildman–Crippen MR) is 108 cm³/mol. The summed E-state index contributed by atoms with van der Waals surface area (Å²) in [5, 5.41) is 3.75. The van der Waals surface area contributed by atoms with Gasteiger partial charge in [-0.1, -0.05) is 48.0 Å². The number of ether oxygens (including phenoxy) is 1. The van der Waals surface area contributed by atoms with Crippen LogP contribution < -0.4 is 15.7 Å². The first-order chi connectivity index (χ1) is 13.6. The molecule has 0 saturated heterocycles. The number of hydrogen-bond donors (Lipinski definition) is 1. The molecule has 0 aliphatic rings. The number of carbonyl (C=O) groups is 1. The van der Waals surface area contributed by atoms with E-state index >= 15 is 0 Å². The maximum atomic E-state index is 12.7. The molecule has 1 amide bonds. The highest BCUT2D eigenvalue weighted by Gasteiger charge is 2.16. The van der Waals surface area contributed by atoms with Gasteiger partial charge >= 0.3 is 5.63 Å². The summed E-state index contributed by atoms with van der Waals surface area (Å²) in [5.74, 6) is 0.388. The third-order valence-corrected chi connectivity index (χ3v) is 4.28. The Morgan fingerprint density at radius 1 is 0.929 bits per heavy atom. The summed E-state index contributed by atoms with van der Waals surface area (Å²) in [6.45, 7) is 0. The van der Waals surface area contributed by atoms with E-state index in [0.717, 1.165) is 0 Å².